The summed E-state index contributed by atoms with van der Waals surface area (Å²) in [6, 6.07) is 0. The number of ether oxygens (including phenoxy) is 4. The third kappa shape index (κ3) is 14.9. The highest BCUT2D eigenvalue weighted by Gasteiger charge is 2.43. The first-order valence-corrected chi connectivity index (χ1v) is 6.29. The number of carbonyl (C=O) groups is 3. The first kappa shape index (κ1) is 25.6. The van der Waals surface area contributed by atoms with E-state index in [0.717, 1.165) is 0 Å². The van der Waals surface area contributed by atoms with Crippen molar-refractivity contribution in [3.05, 3.63) is 0 Å². The Morgan fingerprint density at radius 1 is 0.769 bits per heavy atom. The monoisotopic (exact) mass is 404 g/mol. The standard InChI is InChI=1S/C7H8F6O3.C4H6O6/c1-3(6(8,9)10)15-5(14)16-4(2)7(11,12)13;5-3(6)9-1-2-10-4(7)8/h3-4H,1-2H3;1-2H2,(H,5,6)(H,7,8). The van der Waals surface area contributed by atoms with Gasteiger partial charge in [-0.15, -0.1) is 0 Å². The topological polar surface area (TPSA) is 129 Å². The van der Waals surface area contributed by atoms with E-state index in [9.17, 15) is 40.7 Å². The number of alkyl halides is 6. The number of carboxylic acid groups (broad SMARTS) is 2. The van der Waals surface area contributed by atoms with Crippen molar-refractivity contribution < 1.29 is 69.9 Å². The van der Waals surface area contributed by atoms with Crippen molar-refractivity contribution in [2.24, 2.45) is 0 Å². The lowest BCUT2D eigenvalue weighted by atomic mass is 10.4. The second-order valence-corrected chi connectivity index (χ2v) is 4.08. The first-order valence-electron chi connectivity index (χ1n) is 6.29. The Hall–Kier alpha value is -2.61. The van der Waals surface area contributed by atoms with E-state index in [1.165, 1.54) is 0 Å². The van der Waals surface area contributed by atoms with Gasteiger partial charge in [0, 0.05) is 0 Å². The van der Waals surface area contributed by atoms with E-state index in [0.29, 0.717) is 13.8 Å². The van der Waals surface area contributed by atoms with Gasteiger partial charge in [0.25, 0.3) is 0 Å². The molecule has 0 aromatic rings. The van der Waals surface area contributed by atoms with Gasteiger partial charge in [-0.2, -0.15) is 26.3 Å². The molecule has 0 spiro atoms. The largest absolute Gasteiger partial charge is 0.509 e. The van der Waals surface area contributed by atoms with Crippen molar-refractivity contribution in [2.75, 3.05) is 13.2 Å². The molecule has 2 N–H and O–H groups in total. The van der Waals surface area contributed by atoms with Crippen LogP contribution in [0, 0.1) is 0 Å². The third-order valence-electron chi connectivity index (χ3n) is 2.00. The fraction of sp³-hybridized carbons (Fsp3) is 0.727. The summed E-state index contributed by atoms with van der Waals surface area (Å²) in [7, 11) is 0. The molecule has 0 saturated carbocycles. The van der Waals surface area contributed by atoms with Crippen LogP contribution in [0.1, 0.15) is 13.8 Å². The Morgan fingerprint density at radius 3 is 1.23 bits per heavy atom. The molecule has 0 radical (unpaired) electrons. The van der Waals surface area contributed by atoms with Gasteiger partial charge < -0.3 is 29.2 Å². The second kappa shape index (κ2) is 11.1. The molecule has 0 bridgehead atoms. The van der Waals surface area contributed by atoms with Crippen LogP contribution in [0.4, 0.5) is 40.7 Å². The van der Waals surface area contributed by atoms with Crippen molar-refractivity contribution in [1.29, 1.82) is 0 Å². The van der Waals surface area contributed by atoms with E-state index in [2.05, 4.69) is 18.9 Å². The summed E-state index contributed by atoms with van der Waals surface area (Å²) in [4.78, 5) is 29.8. The number of rotatable bonds is 5. The van der Waals surface area contributed by atoms with Gasteiger partial charge >= 0.3 is 30.8 Å². The predicted molar refractivity (Wildman–Crippen MR) is 66.6 cm³/mol. The van der Waals surface area contributed by atoms with Crippen LogP contribution in [-0.4, -0.2) is 66.5 Å². The zero-order valence-electron chi connectivity index (χ0n) is 13.1. The smallest absolute Gasteiger partial charge is 0.450 e. The molecule has 0 aliphatic carbocycles. The van der Waals surface area contributed by atoms with E-state index < -0.39 is 43.0 Å². The quantitative estimate of drug-likeness (QED) is 0.306. The van der Waals surface area contributed by atoms with Gasteiger partial charge in [-0.05, 0) is 13.8 Å². The Bertz CT molecular complexity index is 422. The molecular formula is C11H14F6O9. The van der Waals surface area contributed by atoms with E-state index in [1.54, 1.807) is 0 Å². The van der Waals surface area contributed by atoms with E-state index in [4.69, 9.17) is 10.2 Å². The normalized spacial score (nSPS) is 13.4. The van der Waals surface area contributed by atoms with Gasteiger partial charge in [0.1, 0.15) is 13.2 Å². The summed E-state index contributed by atoms with van der Waals surface area (Å²) in [5.41, 5.74) is 0. The Morgan fingerprint density at radius 2 is 1.04 bits per heavy atom. The fourth-order valence-electron chi connectivity index (χ4n) is 0.708. The van der Waals surface area contributed by atoms with Gasteiger partial charge in [0.15, 0.2) is 12.2 Å². The SMILES string of the molecule is CC(OC(=O)OC(C)C(F)(F)F)C(F)(F)F.O=C(O)OCCOC(=O)O. The maximum atomic E-state index is 11.8. The van der Waals surface area contributed by atoms with Crippen molar-refractivity contribution >= 4 is 18.5 Å². The predicted octanol–water partition coefficient (Wildman–Crippen LogP) is 3.42. The number of hydrogen-bond acceptors (Lipinski definition) is 7. The number of carbonyl (C=O) groups excluding carboxylic acids is 1. The number of halogens is 6. The molecule has 0 amide bonds. The van der Waals surface area contributed by atoms with Crippen LogP contribution in [0.25, 0.3) is 0 Å². The fourth-order valence-corrected chi connectivity index (χ4v) is 0.708. The van der Waals surface area contributed by atoms with Crippen molar-refractivity contribution in [1.82, 2.24) is 0 Å². The first-order chi connectivity index (χ1) is 11.6. The minimum Gasteiger partial charge on any atom is -0.450 e. The average molecular weight is 404 g/mol. The van der Waals surface area contributed by atoms with Gasteiger partial charge in [0.05, 0.1) is 0 Å². The van der Waals surface area contributed by atoms with Gasteiger partial charge in [-0.1, -0.05) is 0 Å². The molecule has 154 valence electrons. The zero-order chi connectivity index (χ0) is 21.1. The van der Waals surface area contributed by atoms with E-state index in [1.807, 2.05) is 0 Å². The van der Waals surface area contributed by atoms with Gasteiger partial charge in [-0.3, -0.25) is 0 Å². The van der Waals surface area contributed by atoms with Gasteiger partial charge in [-0.25, -0.2) is 14.4 Å². The van der Waals surface area contributed by atoms with Gasteiger partial charge in [0.2, 0.25) is 0 Å². The minimum absolute atomic E-state index is 0.276. The molecule has 0 aliphatic rings. The molecule has 0 saturated heterocycles. The van der Waals surface area contributed by atoms with Crippen molar-refractivity contribution in [2.45, 2.75) is 38.4 Å². The lowest BCUT2D eigenvalue weighted by molar-refractivity contribution is -0.223. The summed E-state index contributed by atoms with van der Waals surface area (Å²) in [6.45, 7) is 0.391. The molecule has 2 unspecified atom stereocenters. The third-order valence-corrected chi connectivity index (χ3v) is 2.00. The van der Waals surface area contributed by atoms with Crippen molar-refractivity contribution in [3.8, 4) is 0 Å². The summed E-state index contributed by atoms with van der Waals surface area (Å²) >= 11 is 0. The van der Waals surface area contributed by atoms with Crippen LogP contribution in [0.15, 0.2) is 0 Å². The van der Waals surface area contributed by atoms with Crippen LogP contribution in [0.2, 0.25) is 0 Å². The molecule has 26 heavy (non-hydrogen) atoms. The van der Waals surface area contributed by atoms with E-state index in [-0.39, 0.29) is 13.2 Å². The summed E-state index contributed by atoms with van der Waals surface area (Å²) < 4.78 is 86.0. The molecule has 2 atom stereocenters. The summed E-state index contributed by atoms with van der Waals surface area (Å²) in [5.74, 6) is 0. The highest BCUT2D eigenvalue weighted by molar-refractivity contribution is 5.60. The molecular weight excluding hydrogens is 390 g/mol. The lowest BCUT2D eigenvalue weighted by Gasteiger charge is -2.19. The molecule has 0 aliphatic heterocycles. The minimum atomic E-state index is -4.85. The van der Waals surface area contributed by atoms with E-state index >= 15 is 0 Å². The highest BCUT2D eigenvalue weighted by atomic mass is 19.4. The maximum Gasteiger partial charge on any atom is 0.509 e. The molecule has 0 heterocycles. The molecule has 0 rings (SSSR count). The van der Waals surface area contributed by atoms with Crippen LogP contribution < -0.4 is 0 Å². The number of hydrogen-bond donors (Lipinski definition) is 2. The summed E-state index contributed by atoms with van der Waals surface area (Å²) in [6.07, 6.45) is -19.7. The molecule has 15 heteroatoms. The molecule has 0 aromatic heterocycles. The highest BCUT2D eigenvalue weighted by Crippen LogP contribution is 2.25. The lowest BCUT2D eigenvalue weighted by Crippen LogP contribution is -2.35. The Balaban J connectivity index is 0. The Kier molecular flexibility index (Phi) is 10.9. The zero-order valence-corrected chi connectivity index (χ0v) is 13.1. The molecule has 9 nitrogen and oxygen atoms in total. The van der Waals surface area contributed by atoms with Crippen molar-refractivity contribution in [3.63, 3.8) is 0 Å². The van der Waals surface area contributed by atoms with Crippen LogP contribution >= 0.6 is 0 Å². The molecule has 0 aromatic carbocycles. The Labute approximate surface area is 141 Å². The molecule has 0 fully saturated rings. The van der Waals surface area contributed by atoms with Crippen LogP contribution in [-0.2, 0) is 18.9 Å². The maximum absolute atomic E-state index is 11.8. The van der Waals surface area contributed by atoms with Crippen LogP contribution in [0.5, 0.6) is 0 Å². The second-order valence-electron chi connectivity index (χ2n) is 4.08. The van der Waals surface area contributed by atoms with Crippen LogP contribution in [0.3, 0.4) is 0 Å². The average Bonchev–Trinajstić information content (AvgIpc) is 2.41. The summed E-state index contributed by atoms with van der Waals surface area (Å²) in [5, 5.41) is 15.7.